The molecule has 0 aliphatic rings. The Kier molecular flexibility index (Phi) is 4.43. The zero-order valence-corrected chi connectivity index (χ0v) is 15.2. The number of furan rings is 1. The van der Waals surface area contributed by atoms with Gasteiger partial charge in [-0.15, -0.1) is 0 Å². The van der Waals surface area contributed by atoms with E-state index in [0.29, 0.717) is 16.7 Å². The molecule has 0 atom stereocenters. The lowest BCUT2D eigenvalue weighted by Crippen LogP contribution is -1.96. The number of para-hydroxylation sites is 1. The molecule has 0 bridgehead atoms. The third-order valence-corrected chi connectivity index (χ3v) is 4.95. The number of hydrogen-bond acceptors (Lipinski definition) is 6. The summed E-state index contributed by atoms with van der Waals surface area (Å²) in [4.78, 5) is 15.5. The van der Waals surface area contributed by atoms with Gasteiger partial charge in [0.25, 0.3) is 0 Å². The summed E-state index contributed by atoms with van der Waals surface area (Å²) in [6, 6.07) is 16.5. The summed E-state index contributed by atoms with van der Waals surface area (Å²) in [5.41, 5.74) is 5.78. The van der Waals surface area contributed by atoms with Gasteiger partial charge in [-0.3, -0.25) is 5.43 Å². The second-order valence-corrected chi connectivity index (χ2v) is 6.92. The molecule has 2 N–H and O–H groups in total. The van der Waals surface area contributed by atoms with Crippen LogP contribution in [-0.2, 0) is 0 Å². The summed E-state index contributed by atoms with van der Waals surface area (Å²) >= 11 is 1.53. The van der Waals surface area contributed by atoms with Gasteiger partial charge in [0.05, 0.1) is 22.0 Å². The topological polar surface area (TPSA) is 87.7 Å². The lowest BCUT2D eigenvalue weighted by atomic mass is 10.0. The highest BCUT2D eigenvalue weighted by Crippen LogP contribution is 2.27. The molecule has 0 aliphatic heterocycles. The highest BCUT2D eigenvalue weighted by atomic mass is 32.1. The van der Waals surface area contributed by atoms with E-state index in [-0.39, 0.29) is 5.56 Å². The number of benzene rings is 2. The minimum absolute atomic E-state index is 0.254. The van der Waals surface area contributed by atoms with Crippen molar-refractivity contribution in [3.63, 3.8) is 0 Å². The number of carboxylic acid groups (broad SMARTS) is 1. The van der Waals surface area contributed by atoms with E-state index in [1.165, 1.54) is 11.3 Å². The van der Waals surface area contributed by atoms with Crippen molar-refractivity contribution in [2.24, 2.45) is 5.10 Å². The maximum atomic E-state index is 11.0. The van der Waals surface area contributed by atoms with Crippen LogP contribution in [-0.4, -0.2) is 22.3 Å². The van der Waals surface area contributed by atoms with Crippen LogP contribution in [0, 0.1) is 6.92 Å². The predicted octanol–water partition coefficient (Wildman–Crippen LogP) is 5.01. The maximum absolute atomic E-state index is 11.0. The molecule has 6 nitrogen and oxygen atoms in total. The molecule has 0 aliphatic carbocycles. The van der Waals surface area contributed by atoms with Gasteiger partial charge in [0.1, 0.15) is 11.5 Å². The Hall–Kier alpha value is -3.45. The third-order valence-electron chi connectivity index (χ3n) is 4.01. The van der Waals surface area contributed by atoms with Crippen molar-refractivity contribution in [2.75, 3.05) is 5.43 Å². The number of carboxylic acids is 1. The highest BCUT2D eigenvalue weighted by Gasteiger charge is 2.10. The van der Waals surface area contributed by atoms with Crippen LogP contribution in [0.5, 0.6) is 0 Å². The van der Waals surface area contributed by atoms with E-state index >= 15 is 0 Å². The average Bonchev–Trinajstić information content (AvgIpc) is 3.28. The van der Waals surface area contributed by atoms with Crippen LogP contribution < -0.4 is 5.43 Å². The summed E-state index contributed by atoms with van der Waals surface area (Å²) in [5, 5.41) is 13.9. The minimum Gasteiger partial charge on any atom is -0.478 e. The number of aryl methyl sites for hydroxylation is 1. The Morgan fingerprint density at radius 3 is 2.85 bits per heavy atom. The van der Waals surface area contributed by atoms with E-state index in [1.807, 2.05) is 43.3 Å². The van der Waals surface area contributed by atoms with Crippen molar-refractivity contribution >= 4 is 38.9 Å². The van der Waals surface area contributed by atoms with E-state index < -0.39 is 5.97 Å². The van der Waals surface area contributed by atoms with Crippen LogP contribution in [0.15, 0.2) is 64.1 Å². The zero-order valence-electron chi connectivity index (χ0n) is 14.3. The number of carbonyl (C=O) groups is 1. The van der Waals surface area contributed by atoms with Crippen molar-refractivity contribution in [1.29, 1.82) is 0 Å². The molecular weight excluding hydrogens is 362 g/mol. The number of hydrazone groups is 1. The van der Waals surface area contributed by atoms with Gasteiger partial charge >= 0.3 is 5.97 Å². The highest BCUT2D eigenvalue weighted by molar-refractivity contribution is 7.22. The summed E-state index contributed by atoms with van der Waals surface area (Å²) in [6.45, 7) is 1.85. The first-order chi connectivity index (χ1) is 13.1. The summed E-state index contributed by atoms with van der Waals surface area (Å²) in [5.74, 6) is 0.295. The number of fused-ring (bicyclic) bond motifs is 1. The average molecular weight is 377 g/mol. The zero-order chi connectivity index (χ0) is 18.8. The number of aromatic nitrogens is 1. The van der Waals surface area contributed by atoms with Gasteiger partial charge in [-0.1, -0.05) is 29.5 Å². The molecule has 0 spiro atoms. The first-order valence-corrected chi connectivity index (χ1v) is 9.00. The van der Waals surface area contributed by atoms with E-state index in [9.17, 15) is 4.79 Å². The quantitative estimate of drug-likeness (QED) is 0.377. The van der Waals surface area contributed by atoms with Crippen molar-refractivity contribution in [3.05, 3.63) is 71.5 Å². The van der Waals surface area contributed by atoms with Gasteiger partial charge in [0.15, 0.2) is 0 Å². The largest absolute Gasteiger partial charge is 0.478 e. The SMILES string of the molecule is Cc1cc(C(=O)O)ccc1-c1ccc(/C=N/Nc2nc3ccccc3s2)o1. The van der Waals surface area contributed by atoms with E-state index in [1.54, 1.807) is 24.4 Å². The van der Waals surface area contributed by atoms with Gasteiger partial charge in [-0.2, -0.15) is 5.10 Å². The van der Waals surface area contributed by atoms with Crippen LogP contribution >= 0.6 is 11.3 Å². The first-order valence-electron chi connectivity index (χ1n) is 8.19. The molecule has 2 aromatic heterocycles. The molecule has 0 unspecified atom stereocenters. The molecule has 4 aromatic rings. The molecule has 0 saturated carbocycles. The molecule has 7 heteroatoms. The molecule has 27 heavy (non-hydrogen) atoms. The van der Waals surface area contributed by atoms with Crippen molar-refractivity contribution < 1.29 is 14.3 Å². The number of nitrogens with zero attached hydrogens (tertiary/aromatic N) is 2. The maximum Gasteiger partial charge on any atom is 0.335 e. The summed E-state index contributed by atoms with van der Waals surface area (Å²) in [6.07, 6.45) is 1.58. The molecule has 4 rings (SSSR count). The normalized spacial score (nSPS) is 11.3. The second kappa shape index (κ2) is 7.05. The van der Waals surface area contributed by atoms with Crippen LogP contribution in [0.1, 0.15) is 21.7 Å². The van der Waals surface area contributed by atoms with Crippen LogP contribution in [0.3, 0.4) is 0 Å². The number of rotatable bonds is 5. The van der Waals surface area contributed by atoms with Crippen LogP contribution in [0.25, 0.3) is 21.5 Å². The Labute approximate surface area is 158 Å². The van der Waals surface area contributed by atoms with Gasteiger partial charge < -0.3 is 9.52 Å². The first kappa shape index (κ1) is 17.0. The smallest absolute Gasteiger partial charge is 0.335 e. The molecule has 0 amide bonds. The molecule has 2 heterocycles. The predicted molar refractivity (Wildman–Crippen MR) is 107 cm³/mol. The van der Waals surface area contributed by atoms with Gasteiger partial charge in [-0.05, 0) is 48.9 Å². The monoisotopic (exact) mass is 377 g/mol. The van der Waals surface area contributed by atoms with Crippen molar-refractivity contribution in [1.82, 2.24) is 4.98 Å². The van der Waals surface area contributed by atoms with E-state index in [2.05, 4.69) is 15.5 Å². The number of hydrogen-bond donors (Lipinski definition) is 2. The molecule has 0 fully saturated rings. The number of thiazole rings is 1. The van der Waals surface area contributed by atoms with Crippen LogP contribution in [0.2, 0.25) is 0 Å². The summed E-state index contributed by atoms with van der Waals surface area (Å²) in [7, 11) is 0. The molecule has 2 aromatic carbocycles. The lowest BCUT2D eigenvalue weighted by Gasteiger charge is -2.03. The van der Waals surface area contributed by atoms with Crippen LogP contribution in [0.4, 0.5) is 5.13 Å². The Balaban J connectivity index is 1.49. The third kappa shape index (κ3) is 3.58. The Morgan fingerprint density at radius 2 is 2.07 bits per heavy atom. The summed E-state index contributed by atoms with van der Waals surface area (Å²) < 4.78 is 6.89. The Morgan fingerprint density at radius 1 is 1.22 bits per heavy atom. The minimum atomic E-state index is -0.946. The van der Waals surface area contributed by atoms with Gasteiger partial charge in [0.2, 0.25) is 5.13 Å². The number of anilines is 1. The Bertz CT molecular complexity index is 1130. The van der Waals surface area contributed by atoms with Crippen molar-refractivity contribution in [3.8, 4) is 11.3 Å². The number of aromatic carboxylic acids is 1. The van der Waals surface area contributed by atoms with E-state index in [4.69, 9.17) is 9.52 Å². The lowest BCUT2D eigenvalue weighted by molar-refractivity contribution is 0.0697. The van der Waals surface area contributed by atoms with Crippen molar-refractivity contribution in [2.45, 2.75) is 6.92 Å². The fourth-order valence-corrected chi connectivity index (χ4v) is 3.53. The van der Waals surface area contributed by atoms with Gasteiger partial charge in [-0.25, -0.2) is 9.78 Å². The van der Waals surface area contributed by atoms with E-state index in [0.717, 1.165) is 21.3 Å². The molecule has 0 radical (unpaired) electrons. The molecule has 134 valence electrons. The fraction of sp³-hybridized carbons (Fsp3) is 0.0500. The standard InChI is InChI=1S/C20H15N3O3S/c1-12-10-13(19(24)25)6-8-15(12)17-9-7-14(26-17)11-21-23-20-22-16-4-2-3-5-18(16)27-20/h2-11H,1H3,(H,22,23)(H,24,25)/b21-11+. The number of nitrogens with one attached hydrogen (secondary N) is 1. The molecular formula is C20H15N3O3S. The molecule has 0 saturated heterocycles. The second-order valence-electron chi connectivity index (χ2n) is 5.89. The fourth-order valence-electron chi connectivity index (χ4n) is 2.71. The van der Waals surface area contributed by atoms with Gasteiger partial charge in [0, 0.05) is 5.56 Å².